The second-order valence-corrected chi connectivity index (χ2v) is 11.3. The van der Waals surface area contributed by atoms with Crippen molar-refractivity contribution in [3.63, 3.8) is 0 Å². The van der Waals surface area contributed by atoms with Gasteiger partial charge in [0.25, 0.3) is 0 Å². The summed E-state index contributed by atoms with van der Waals surface area (Å²) in [5.74, 6) is -2.99. The molecular weight excluding hydrogens is 628 g/mol. The minimum atomic E-state index is -1.15. The molecule has 7 N–H and O–H groups in total. The quantitative estimate of drug-likeness (QED) is 0.0382. The number of cyclic esters (lactones) is 1. The van der Waals surface area contributed by atoms with Crippen LogP contribution in [0, 0.1) is 0 Å². The van der Waals surface area contributed by atoms with Gasteiger partial charge >= 0.3 is 11.9 Å². The third-order valence-corrected chi connectivity index (χ3v) is 7.34. The summed E-state index contributed by atoms with van der Waals surface area (Å²) in [4.78, 5) is 56.0. The number of esters is 2. The van der Waals surface area contributed by atoms with Crippen LogP contribution in [0.4, 0.5) is 0 Å². The molecule has 2 aliphatic heterocycles. The van der Waals surface area contributed by atoms with E-state index < -0.39 is 66.4 Å². The third-order valence-electron chi connectivity index (χ3n) is 7.34. The van der Waals surface area contributed by atoms with Crippen LogP contribution >= 0.6 is 0 Å². The molecule has 15 nitrogen and oxygen atoms in total. The Morgan fingerprint density at radius 3 is 2.75 bits per heavy atom. The molecular formula is C33H44N4O11. The van der Waals surface area contributed by atoms with E-state index in [4.69, 9.17) is 19.9 Å². The van der Waals surface area contributed by atoms with Gasteiger partial charge in [-0.15, -0.1) is 0 Å². The molecule has 262 valence electrons. The highest BCUT2D eigenvalue weighted by Crippen LogP contribution is 2.35. The van der Waals surface area contributed by atoms with Crippen LogP contribution in [-0.2, 0) is 33.4 Å². The average molecular weight is 673 g/mol. The summed E-state index contributed by atoms with van der Waals surface area (Å²) < 4.78 is 17.5. The van der Waals surface area contributed by atoms with Crippen LogP contribution in [0.2, 0.25) is 0 Å². The number of nitrogens with one attached hydrogen (secondary N) is 2. The number of phenolic OH excluding ortho intramolecular Hbond substituents is 1. The fourth-order valence-corrected chi connectivity index (χ4v) is 4.98. The third kappa shape index (κ3) is 12.2. The molecule has 0 aromatic heterocycles. The van der Waals surface area contributed by atoms with Gasteiger partial charge in [0.15, 0.2) is 0 Å². The van der Waals surface area contributed by atoms with Gasteiger partial charge in [-0.1, -0.05) is 35.5 Å². The zero-order chi connectivity index (χ0) is 35.1. The number of unbranched alkanes of at least 4 members (excludes halogenated alkanes) is 1. The normalized spacial score (nSPS) is 23.7. The van der Waals surface area contributed by atoms with Gasteiger partial charge in [-0.25, -0.2) is 9.59 Å². The number of aliphatic hydroxyl groups is 2. The molecule has 0 unspecified atom stereocenters. The molecule has 2 aliphatic rings. The minimum absolute atomic E-state index is 0.0404. The summed E-state index contributed by atoms with van der Waals surface area (Å²) in [5.41, 5.74) is 5.79. The van der Waals surface area contributed by atoms with Gasteiger partial charge in [-0.05, 0) is 50.4 Å². The van der Waals surface area contributed by atoms with Crippen molar-refractivity contribution in [1.29, 1.82) is 0 Å². The van der Waals surface area contributed by atoms with Crippen molar-refractivity contribution in [3.05, 3.63) is 59.8 Å². The topological polar surface area (TPSA) is 232 Å². The number of phenols is 1. The molecule has 0 radical (unpaired) electrons. The number of carbonyl (C=O) groups is 4. The van der Waals surface area contributed by atoms with Gasteiger partial charge in [0.2, 0.25) is 11.8 Å². The fraction of sp³-hybridized carbons (Fsp3) is 0.485. The molecule has 7 atom stereocenters. The number of carbonyl (C=O) groups excluding carboxylic acids is 4. The van der Waals surface area contributed by atoms with Crippen molar-refractivity contribution in [2.45, 2.75) is 88.1 Å². The molecule has 2 heterocycles. The Labute approximate surface area is 278 Å². The standard InChI is InChI=1S/C33H44N4O11/c1-20(38)18-28(42)37-23(10-3-4-15-34)32(43)47-26-19-22(9-6-16-35-27(41)12-7-17-36-45-2)46-33(44)29-21(8-5-11-24(29)39)13-14-25(40)30-31(26)48-30/h5-8,11-14,16-17,20,22-23,25-26,30-31,38-40H,3-4,9-10,15,18-19,34H2,1-2H3,(H,35,41)(H,37,42)/t20-,22+,23+,25+,26-,30+,31-/m1/s1. The lowest BCUT2D eigenvalue weighted by atomic mass is 9.99. The number of aromatic hydroxyl groups is 1. The van der Waals surface area contributed by atoms with Gasteiger partial charge in [0.05, 0.1) is 18.7 Å². The number of ether oxygens (including phenoxy) is 3. The van der Waals surface area contributed by atoms with Gasteiger partial charge in [-0.3, -0.25) is 9.59 Å². The SMILES string of the molecule is CON=CC=CC(=O)NC=CC[C@H]1C[C@@H](OC(=O)[C@H](CCCCN)NC(=O)C[C@@H](C)O)[C@H]2O[C@H]2[C@@H](O)C=Cc2cccc(O)c2C(=O)O1. The Morgan fingerprint density at radius 1 is 1.23 bits per heavy atom. The van der Waals surface area contributed by atoms with E-state index in [0.29, 0.717) is 24.9 Å². The molecule has 2 amide bonds. The molecule has 1 saturated heterocycles. The first kappa shape index (κ1) is 37.9. The van der Waals surface area contributed by atoms with Gasteiger partial charge in [0.1, 0.15) is 55.0 Å². The highest BCUT2D eigenvalue weighted by atomic mass is 16.6. The molecule has 0 bridgehead atoms. The van der Waals surface area contributed by atoms with Crippen LogP contribution in [0.5, 0.6) is 5.75 Å². The zero-order valence-corrected chi connectivity index (χ0v) is 26.9. The van der Waals surface area contributed by atoms with E-state index in [1.54, 1.807) is 12.1 Å². The van der Waals surface area contributed by atoms with E-state index in [2.05, 4.69) is 20.6 Å². The molecule has 1 aromatic rings. The van der Waals surface area contributed by atoms with Crippen molar-refractivity contribution < 1.29 is 53.5 Å². The van der Waals surface area contributed by atoms with E-state index in [0.717, 1.165) is 0 Å². The predicted octanol–water partition coefficient (Wildman–Crippen LogP) is 0.968. The lowest BCUT2D eigenvalue weighted by Crippen LogP contribution is -2.45. The number of oxime groups is 1. The second kappa shape index (κ2) is 19.3. The van der Waals surface area contributed by atoms with Crippen LogP contribution in [0.1, 0.15) is 61.4 Å². The number of aliphatic hydroxyl groups excluding tert-OH is 2. The Morgan fingerprint density at radius 2 is 2.02 bits per heavy atom. The fourth-order valence-electron chi connectivity index (χ4n) is 4.98. The zero-order valence-electron chi connectivity index (χ0n) is 26.9. The smallest absolute Gasteiger partial charge is 0.342 e. The Balaban J connectivity index is 1.87. The van der Waals surface area contributed by atoms with Crippen molar-refractivity contribution >= 4 is 36.0 Å². The number of epoxide rings is 1. The van der Waals surface area contributed by atoms with Gasteiger partial charge in [-0.2, -0.15) is 0 Å². The summed E-state index contributed by atoms with van der Waals surface area (Å²) in [6, 6.07) is 3.38. The number of allylic oxidation sites excluding steroid dienone is 1. The molecule has 0 aliphatic carbocycles. The summed E-state index contributed by atoms with van der Waals surface area (Å²) >= 11 is 0. The average Bonchev–Trinajstić information content (AvgIpc) is 3.83. The van der Waals surface area contributed by atoms with Crippen molar-refractivity contribution in [2.24, 2.45) is 10.9 Å². The monoisotopic (exact) mass is 672 g/mol. The number of fused-ring (bicyclic) bond motifs is 2. The maximum atomic E-state index is 13.5. The van der Waals surface area contributed by atoms with Crippen LogP contribution in [0.15, 0.2) is 53.9 Å². The Bertz CT molecular complexity index is 1380. The van der Waals surface area contributed by atoms with Crippen molar-refractivity contribution in [2.75, 3.05) is 13.7 Å². The molecule has 3 rings (SSSR count). The number of benzene rings is 1. The van der Waals surface area contributed by atoms with E-state index in [-0.39, 0.29) is 37.0 Å². The molecule has 0 saturated carbocycles. The first-order valence-electron chi connectivity index (χ1n) is 15.6. The van der Waals surface area contributed by atoms with Gasteiger partial charge < -0.3 is 50.7 Å². The summed E-state index contributed by atoms with van der Waals surface area (Å²) in [7, 11) is 1.36. The van der Waals surface area contributed by atoms with Crippen molar-refractivity contribution in [1.82, 2.24) is 10.6 Å². The van der Waals surface area contributed by atoms with E-state index in [1.807, 2.05) is 0 Å². The number of hydrogen-bond acceptors (Lipinski definition) is 13. The first-order valence-corrected chi connectivity index (χ1v) is 15.6. The van der Waals surface area contributed by atoms with Crippen LogP contribution in [-0.4, -0.2) is 102 Å². The number of nitrogens with two attached hydrogens (primary N) is 1. The van der Waals surface area contributed by atoms with E-state index >= 15 is 0 Å². The molecule has 1 fully saturated rings. The van der Waals surface area contributed by atoms with E-state index in [1.165, 1.54) is 62.9 Å². The second-order valence-electron chi connectivity index (χ2n) is 11.3. The van der Waals surface area contributed by atoms with Crippen molar-refractivity contribution in [3.8, 4) is 5.75 Å². The highest BCUT2D eigenvalue weighted by molar-refractivity contribution is 5.96. The van der Waals surface area contributed by atoms with Gasteiger partial charge in [0, 0.05) is 25.1 Å². The minimum Gasteiger partial charge on any atom is -0.507 e. The summed E-state index contributed by atoms with van der Waals surface area (Å²) in [6.07, 6.45) is 5.04. The maximum absolute atomic E-state index is 13.5. The number of nitrogens with zero attached hydrogens (tertiary/aromatic N) is 1. The lowest BCUT2D eigenvalue weighted by Gasteiger charge is -2.26. The highest BCUT2D eigenvalue weighted by Gasteiger charge is 2.51. The van der Waals surface area contributed by atoms with Crippen LogP contribution in [0.3, 0.4) is 0 Å². The molecule has 15 heteroatoms. The summed E-state index contributed by atoms with van der Waals surface area (Å²) in [6.45, 7) is 1.83. The Hall–Kier alpha value is -4.57. The van der Waals surface area contributed by atoms with Crippen LogP contribution in [0.25, 0.3) is 6.08 Å². The molecule has 48 heavy (non-hydrogen) atoms. The number of rotatable bonds is 15. The number of amides is 2. The maximum Gasteiger partial charge on any atom is 0.342 e. The first-order chi connectivity index (χ1) is 23.0. The predicted molar refractivity (Wildman–Crippen MR) is 173 cm³/mol. The number of hydrogen-bond donors (Lipinski definition) is 6. The molecule has 1 aromatic carbocycles. The Kier molecular flexibility index (Phi) is 15.2. The van der Waals surface area contributed by atoms with E-state index in [9.17, 15) is 34.5 Å². The summed E-state index contributed by atoms with van der Waals surface area (Å²) in [5, 5.41) is 39.7. The largest absolute Gasteiger partial charge is 0.507 e. The van der Waals surface area contributed by atoms with Crippen LogP contribution < -0.4 is 16.4 Å². The molecule has 0 spiro atoms. The lowest BCUT2D eigenvalue weighted by molar-refractivity contribution is -0.156.